The molecule has 2 aliphatic heterocycles. The van der Waals surface area contributed by atoms with Crippen molar-refractivity contribution in [2.75, 3.05) is 20.2 Å². The summed E-state index contributed by atoms with van der Waals surface area (Å²) >= 11 is 0. The predicted octanol–water partition coefficient (Wildman–Crippen LogP) is 4.21. The highest BCUT2D eigenvalue weighted by Gasteiger charge is 2.33. The van der Waals surface area contributed by atoms with Crippen molar-refractivity contribution in [1.29, 1.82) is 0 Å². The van der Waals surface area contributed by atoms with E-state index in [1.165, 1.54) is 27.7 Å². The molecule has 0 saturated carbocycles. The number of benzene rings is 1. The van der Waals surface area contributed by atoms with Crippen LogP contribution in [0.3, 0.4) is 0 Å². The molecule has 0 unspecified atom stereocenters. The number of nitrogens with zero attached hydrogens (tertiary/aromatic N) is 2. The lowest BCUT2D eigenvalue weighted by molar-refractivity contribution is 0.0637. The van der Waals surface area contributed by atoms with Crippen LogP contribution in [0.2, 0.25) is 0 Å². The molecule has 28 heavy (non-hydrogen) atoms. The van der Waals surface area contributed by atoms with E-state index in [0.717, 1.165) is 38.1 Å². The zero-order valence-corrected chi connectivity index (χ0v) is 16.1. The monoisotopic (exact) mass is 375 g/mol. The number of aromatic nitrogens is 2. The lowest BCUT2D eigenvalue weighted by Crippen LogP contribution is -2.41. The van der Waals surface area contributed by atoms with Crippen LogP contribution in [0, 0.1) is 0 Å². The van der Waals surface area contributed by atoms with Gasteiger partial charge in [-0.05, 0) is 60.7 Å². The second kappa shape index (κ2) is 7.32. The molecule has 2 aromatic heterocycles. The van der Waals surface area contributed by atoms with Gasteiger partial charge >= 0.3 is 0 Å². The van der Waals surface area contributed by atoms with Crippen LogP contribution in [0.15, 0.2) is 55.1 Å². The van der Waals surface area contributed by atoms with Crippen molar-refractivity contribution in [2.45, 2.75) is 31.4 Å². The molecule has 0 aliphatic carbocycles. The van der Waals surface area contributed by atoms with Crippen LogP contribution in [-0.4, -0.2) is 41.2 Å². The first kappa shape index (κ1) is 17.3. The van der Waals surface area contributed by atoms with Crippen LogP contribution in [0.5, 0.6) is 5.75 Å². The van der Waals surface area contributed by atoms with Crippen LogP contribution in [0.4, 0.5) is 0 Å². The highest BCUT2D eigenvalue weighted by molar-refractivity contribution is 5.86. The number of rotatable bonds is 4. The summed E-state index contributed by atoms with van der Waals surface area (Å²) in [5.74, 6) is 0.900. The molecule has 0 amide bonds. The number of allylic oxidation sites excluding steroid dienone is 1. The minimum absolute atomic E-state index is 0.158. The number of aromatic amines is 1. The van der Waals surface area contributed by atoms with Gasteiger partial charge in [-0.3, -0.25) is 9.88 Å². The van der Waals surface area contributed by atoms with Gasteiger partial charge in [0.25, 0.3) is 0 Å². The van der Waals surface area contributed by atoms with Crippen LogP contribution in [-0.2, 0) is 11.2 Å². The zero-order chi connectivity index (χ0) is 18.9. The van der Waals surface area contributed by atoms with Crippen LogP contribution >= 0.6 is 0 Å². The number of hydrogen-bond acceptors (Lipinski definition) is 4. The van der Waals surface area contributed by atoms with Crippen molar-refractivity contribution in [3.05, 3.63) is 71.9 Å². The molecule has 0 radical (unpaired) electrons. The Labute approximate surface area is 165 Å². The van der Waals surface area contributed by atoms with Crippen LogP contribution in [0.25, 0.3) is 10.9 Å². The Hall–Kier alpha value is -2.79. The minimum Gasteiger partial charge on any atom is -0.497 e. The average molecular weight is 375 g/mol. The van der Waals surface area contributed by atoms with Gasteiger partial charge in [0.05, 0.1) is 19.4 Å². The largest absolute Gasteiger partial charge is 0.497 e. The predicted molar refractivity (Wildman–Crippen MR) is 109 cm³/mol. The fourth-order valence-corrected chi connectivity index (χ4v) is 4.54. The number of pyridine rings is 1. The van der Waals surface area contributed by atoms with Crippen LogP contribution in [0.1, 0.15) is 35.7 Å². The number of H-pyrrole nitrogens is 1. The SMILES string of the molecule is COc1ccc2[nH]c3c(c2c1)CCN(C[C@@H]1CCC=CO1)[C@@H]3c1cccnc1. The van der Waals surface area contributed by atoms with Gasteiger partial charge in [-0.2, -0.15) is 0 Å². The van der Waals surface area contributed by atoms with Gasteiger partial charge in [0.15, 0.2) is 0 Å². The van der Waals surface area contributed by atoms with Gasteiger partial charge in [-0.25, -0.2) is 0 Å². The van der Waals surface area contributed by atoms with Gasteiger partial charge in [-0.1, -0.05) is 6.07 Å². The third-order valence-electron chi connectivity index (χ3n) is 5.89. The number of fused-ring (bicyclic) bond motifs is 3. The maximum absolute atomic E-state index is 5.88. The third kappa shape index (κ3) is 3.06. The molecule has 5 rings (SSSR count). The van der Waals surface area contributed by atoms with E-state index in [1.54, 1.807) is 7.11 Å². The standard InChI is InChI=1S/C23H25N3O2/c1-27-17-7-8-21-20(13-17)19-9-11-26(15-18-6-2-3-12-28-18)23(22(19)25-21)16-5-4-10-24-14-16/h3-5,7-8,10,12-14,18,23,25H,2,6,9,11,15H2,1H3/t18-,23+/m0/s1. The van der Waals surface area contributed by atoms with Crippen molar-refractivity contribution >= 4 is 10.9 Å². The van der Waals surface area contributed by atoms with E-state index in [0.29, 0.717) is 0 Å². The maximum atomic E-state index is 5.88. The molecule has 2 atom stereocenters. The topological polar surface area (TPSA) is 50.4 Å². The summed E-state index contributed by atoms with van der Waals surface area (Å²) in [5, 5.41) is 1.26. The van der Waals surface area contributed by atoms with E-state index in [1.807, 2.05) is 30.8 Å². The Morgan fingerprint density at radius 1 is 1.32 bits per heavy atom. The first-order valence-electron chi connectivity index (χ1n) is 9.96. The Morgan fingerprint density at radius 3 is 3.07 bits per heavy atom. The highest BCUT2D eigenvalue weighted by atomic mass is 16.5. The van der Waals surface area contributed by atoms with Crippen molar-refractivity contribution in [2.24, 2.45) is 0 Å². The third-order valence-corrected chi connectivity index (χ3v) is 5.89. The maximum Gasteiger partial charge on any atom is 0.119 e. The average Bonchev–Trinajstić information content (AvgIpc) is 3.12. The van der Waals surface area contributed by atoms with Crippen molar-refractivity contribution < 1.29 is 9.47 Å². The Bertz CT molecular complexity index is 996. The normalized spacial score (nSPS) is 22.0. The van der Waals surface area contributed by atoms with Gasteiger partial charge in [0.1, 0.15) is 11.9 Å². The molecule has 0 fully saturated rings. The Morgan fingerprint density at radius 2 is 2.29 bits per heavy atom. The fraction of sp³-hybridized carbons (Fsp3) is 0.348. The smallest absolute Gasteiger partial charge is 0.119 e. The molecule has 144 valence electrons. The number of methoxy groups -OCH3 is 1. The summed E-state index contributed by atoms with van der Waals surface area (Å²) < 4.78 is 11.3. The summed E-state index contributed by atoms with van der Waals surface area (Å²) in [5.41, 5.74) is 5.05. The molecule has 0 bridgehead atoms. The van der Waals surface area contributed by atoms with Gasteiger partial charge in [-0.15, -0.1) is 0 Å². The molecule has 3 aromatic rings. The number of ether oxygens (including phenoxy) is 2. The van der Waals surface area contributed by atoms with Gasteiger partial charge in [0.2, 0.25) is 0 Å². The molecular weight excluding hydrogens is 350 g/mol. The molecule has 4 heterocycles. The first-order valence-corrected chi connectivity index (χ1v) is 9.96. The Kier molecular flexibility index (Phi) is 4.53. The summed E-state index contributed by atoms with van der Waals surface area (Å²) in [4.78, 5) is 10.6. The molecule has 1 aromatic carbocycles. The lowest BCUT2D eigenvalue weighted by Gasteiger charge is -2.38. The van der Waals surface area contributed by atoms with Crippen molar-refractivity contribution in [1.82, 2.24) is 14.9 Å². The van der Waals surface area contributed by atoms with E-state index in [2.05, 4.69) is 39.1 Å². The second-order valence-corrected chi connectivity index (χ2v) is 7.57. The highest BCUT2D eigenvalue weighted by Crippen LogP contribution is 2.39. The van der Waals surface area contributed by atoms with Gasteiger partial charge in [0, 0.05) is 42.1 Å². The summed E-state index contributed by atoms with van der Waals surface area (Å²) in [6, 6.07) is 10.6. The van der Waals surface area contributed by atoms with Crippen molar-refractivity contribution in [3.63, 3.8) is 0 Å². The second-order valence-electron chi connectivity index (χ2n) is 7.57. The van der Waals surface area contributed by atoms with E-state index in [4.69, 9.17) is 9.47 Å². The first-order chi connectivity index (χ1) is 13.8. The molecule has 5 heteroatoms. The molecular formula is C23H25N3O2. The fourth-order valence-electron chi connectivity index (χ4n) is 4.54. The molecule has 1 N–H and O–H groups in total. The number of hydrogen-bond donors (Lipinski definition) is 1. The van der Waals surface area contributed by atoms with Crippen molar-refractivity contribution in [3.8, 4) is 5.75 Å². The summed E-state index contributed by atoms with van der Waals surface area (Å²) in [6.45, 7) is 1.92. The van der Waals surface area contributed by atoms with E-state index in [-0.39, 0.29) is 12.1 Å². The zero-order valence-electron chi connectivity index (χ0n) is 16.1. The molecule has 2 aliphatic rings. The Balaban J connectivity index is 1.57. The minimum atomic E-state index is 0.158. The molecule has 0 saturated heterocycles. The number of nitrogens with one attached hydrogen (secondary N) is 1. The molecule has 5 nitrogen and oxygen atoms in total. The van der Waals surface area contributed by atoms with Crippen LogP contribution < -0.4 is 4.74 Å². The quantitative estimate of drug-likeness (QED) is 0.742. The van der Waals surface area contributed by atoms with E-state index >= 15 is 0 Å². The lowest BCUT2D eigenvalue weighted by atomic mass is 9.92. The summed E-state index contributed by atoms with van der Waals surface area (Å²) in [6.07, 6.45) is 11.2. The molecule has 0 spiro atoms. The van der Waals surface area contributed by atoms with E-state index < -0.39 is 0 Å². The summed E-state index contributed by atoms with van der Waals surface area (Å²) in [7, 11) is 1.72. The van der Waals surface area contributed by atoms with Gasteiger partial charge < -0.3 is 14.5 Å². The van der Waals surface area contributed by atoms with E-state index in [9.17, 15) is 0 Å².